The average Bonchev–Trinajstić information content (AvgIpc) is 3.10. The molecule has 4 rings (SSSR count). The Morgan fingerprint density at radius 1 is 1.15 bits per heavy atom. The van der Waals surface area contributed by atoms with Crippen LogP contribution in [-0.4, -0.2) is 30.3 Å². The molecule has 0 aliphatic carbocycles. The molecule has 0 N–H and O–H groups in total. The van der Waals surface area contributed by atoms with E-state index in [0.29, 0.717) is 22.7 Å². The van der Waals surface area contributed by atoms with Crippen LogP contribution in [0, 0.1) is 5.82 Å². The number of hydrogen-bond donors (Lipinski definition) is 0. The molecule has 0 unspecified atom stereocenters. The minimum atomic E-state index is -0.518. The fraction of sp³-hybridized carbons (Fsp3) is 0.0556. The Kier molecular flexibility index (Phi) is 4.06. The van der Waals surface area contributed by atoms with Gasteiger partial charge in [0.2, 0.25) is 0 Å². The second-order valence-corrected chi connectivity index (χ2v) is 5.48. The number of rotatable bonds is 5. The first-order valence-corrected chi connectivity index (χ1v) is 7.74. The Morgan fingerprint density at radius 2 is 2.08 bits per heavy atom. The maximum atomic E-state index is 13.3. The number of nitrogens with zero attached hydrogens (tertiary/aromatic N) is 5. The number of halogens is 1. The summed E-state index contributed by atoms with van der Waals surface area (Å²) in [4.78, 5) is 24.8. The standard InChI is InChI=1S/C18H12FN5O2/c19-12-5-14(9-20-8-12)26-15-7-16(18-22-11-23-24(18)10-15)17(25)6-13-3-1-2-4-21-13/h1-5,7-11H,6H2. The number of aromatic nitrogens is 5. The lowest BCUT2D eigenvalue weighted by molar-refractivity contribution is 0.0992. The molecule has 4 aromatic heterocycles. The summed E-state index contributed by atoms with van der Waals surface area (Å²) in [5.74, 6) is -0.160. The van der Waals surface area contributed by atoms with Gasteiger partial charge in [-0.1, -0.05) is 6.07 Å². The summed E-state index contributed by atoms with van der Waals surface area (Å²) >= 11 is 0. The number of ether oxygens (including phenoxy) is 1. The van der Waals surface area contributed by atoms with Crippen LogP contribution in [0.5, 0.6) is 11.5 Å². The van der Waals surface area contributed by atoms with Gasteiger partial charge in [0.05, 0.1) is 30.6 Å². The van der Waals surface area contributed by atoms with Crippen molar-refractivity contribution in [3.63, 3.8) is 0 Å². The minimum Gasteiger partial charge on any atom is -0.454 e. The molecule has 0 saturated carbocycles. The molecule has 0 aliphatic heterocycles. The van der Waals surface area contributed by atoms with E-state index in [1.165, 1.54) is 23.1 Å². The maximum absolute atomic E-state index is 13.3. The summed E-state index contributed by atoms with van der Waals surface area (Å²) in [6, 6.07) is 8.14. The fourth-order valence-electron chi connectivity index (χ4n) is 2.51. The smallest absolute Gasteiger partial charge is 0.172 e. The van der Waals surface area contributed by atoms with Crippen LogP contribution in [0.3, 0.4) is 0 Å². The summed E-state index contributed by atoms with van der Waals surface area (Å²) in [6.07, 6.45) is 7.12. The quantitative estimate of drug-likeness (QED) is 0.515. The normalized spacial score (nSPS) is 10.8. The van der Waals surface area contributed by atoms with Gasteiger partial charge in [-0.05, 0) is 18.2 Å². The number of carbonyl (C=O) groups is 1. The molecule has 0 atom stereocenters. The van der Waals surface area contributed by atoms with Gasteiger partial charge >= 0.3 is 0 Å². The highest BCUT2D eigenvalue weighted by Crippen LogP contribution is 2.24. The Hall–Kier alpha value is -3.68. The Bertz CT molecular complexity index is 1080. The number of hydrogen-bond acceptors (Lipinski definition) is 6. The largest absolute Gasteiger partial charge is 0.454 e. The highest BCUT2D eigenvalue weighted by molar-refractivity contribution is 6.02. The van der Waals surface area contributed by atoms with Crippen LogP contribution < -0.4 is 4.74 Å². The van der Waals surface area contributed by atoms with E-state index in [0.717, 1.165) is 6.20 Å². The predicted octanol–water partition coefficient (Wildman–Crippen LogP) is 2.88. The third kappa shape index (κ3) is 3.25. The highest BCUT2D eigenvalue weighted by Gasteiger charge is 2.16. The summed E-state index contributed by atoms with van der Waals surface area (Å²) < 4.78 is 20.3. The maximum Gasteiger partial charge on any atom is 0.172 e. The summed E-state index contributed by atoms with van der Waals surface area (Å²) in [7, 11) is 0. The van der Waals surface area contributed by atoms with Gasteiger partial charge in [0.15, 0.2) is 11.4 Å². The molecule has 0 bridgehead atoms. The van der Waals surface area contributed by atoms with Gasteiger partial charge in [0, 0.05) is 18.0 Å². The van der Waals surface area contributed by atoms with Crippen LogP contribution in [0.2, 0.25) is 0 Å². The van der Waals surface area contributed by atoms with Gasteiger partial charge in [-0.15, -0.1) is 0 Å². The van der Waals surface area contributed by atoms with Crippen molar-refractivity contribution >= 4 is 11.4 Å². The van der Waals surface area contributed by atoms with Gasteiger partial charge in [-0.3, -0.25) is 14.8 Å². The number of pyridine rings is 3. The van der Waals surface area contributed by atoms with Gasteiger partial charge in [-0.25, -0.2) is 13.9 Å². The Morgan fingerprint density at radius 3 is 2.88 bits per heavy atom. The van der Waals surface area contributed by atoms with E-state index in [4.69, 9.17) is 4.74 Å². The molecule has 8 heteroatoms. The van der Waals surface area contributed by atoms with Crippen molar-refractivity contribution in [1.29, 1.82) is 0 Å². The van der Waals surface area contributed by atoms with Crippen LogP contribution in [-0.2, 0) is 6.42 Å². The highest BCUT2D eigenvalue weighted by atomic mass is 19.1. The summed E-state index contributed by atoms with van der Waals surface area (Å²) in [6.45, 7) is 0. The lowest BCUT2D eigenvalue weighted by atomic mass is 10.1. The van der Waals surface area contributed by atoms with Crippen molar-refractivity contribution in [2.45, 2.75) is 6.42 Å². The zero-order chi connectivity index (χ0) is 17.9. The van der Waals surface area contributed by atoms with Crippen molar-refractivity contribution in [3.05, 3.63) is 78.5 Å². The van der Waals surface area contributed by atoms with E-state index in [1.807, 2.05) is 6.07 Å². The first-order valence-electron chi connectivity index (χ1n) is 7.74. The molecular formula is C18H12FN5O2. The molecule has 0 aromatic carbocycles. The molecule has 0 aliphatic rings. The van der Waals surface area contributed by atoms with E-state index in [-0.39, 0.29) is 18.0 Å². The number of carbonyl (C=O) groups excluding carboxylic acids is 1. The van der Waals surface area contributed by atoms with Gasteiger partial charge < -0.3 is 4.74 Å². The van der Waals surface area contributed by atoms with Crippen LogP contribution >= 0.6 is 0 Å². The monoisotopic (exact) mass is 349 g/mol. The third-order valence-corrected chi connectivity index (χ3v) is 3.63. The number of ketones is 1. The van der Waals surface area contributed by atoms with Crippen molar-refractivity contribution in [1.82, 2.24) is 24.6 Å². The van der Waals surface area contributed by atoms with Crippen LogP contribution in [0.4, 0.5) is 4.39 Å². The van der Waals surface area contributed by atoms with E-state index in [9.17, 15) is 9.18 Å². The lowest BCUT2D eigenvalue weighted by Gasteiger charge is -2.08. The molecule has 128 valence electrons. The second-order valence-electron chi connectivity index (χ2n) is 5.48. The molecule has 0 saturated heterocycles. The number of fused-ring (bicyclic) bond motifs is 1. The van der Waals surface area contributed by atoms with E-state index < -0.39 is 5.82 Å². The first kappa shape index (κ1) is 15.8. The first-order chi connectivity index (χ1) is 12.7. The van der Waals surface area contributed by atoms with Crippen LogP contribution in [0.25, 0.3) is 5.65 Å². The molecule has 0 fully saturated rings. The molecule has 0 radical (unpaired) electrons. The number of Topliss-reactive ketones (excluding diaryl/α,β-unsaturated/α-hetero) is 1. The Labute approximate surface area is 147 Å². The summed E-state index contributed by atoms with van der Waals surface area (Å²) in [5.41, 5.74) is 1.40. The van der Waals surface area contributed by atoms with Crippen molar-refractivity contribution in [2.75, 3.05) is 0 Å². The molecule has 0 spiro atoms. The van der Waals surface area contributed by atoms with Crippen LogP contribution in [0.1, 0.15) is 16.1 Å². The average molecular weight is 349 g/mol. The van der Waals surface area contributed by atoms with Gasteiger partial charge in [0.1, 0.15) is 23.6 Å². The van der Waals surface area contributed by atoms with E-state index >= 15 is 0 Å². The van der Waals surface area contributed by atoms with Crippen molar-refractivity contribution in [3.8, 4) is 11.5 Å². The minimum absolute atomic E-state index is 0.119. The van der Waals surface area contributed by atoms with Crippen molar-refractivity contribution in [2.24, 2.45) is 0 Å². The lowest BCUT2D eigenvalue weighted by Crippen LogP contribution is -2.08. The summed E-state index contributed by atoms with van der Waals surface area (Å²) in [5, 5.41) is 4.06. The van der Waals surface area contributed by atoms with E-state index in [1.54, 1.807) is 30.6 Å². The molecule has 0 amide bonds. The third-order valence-electron chi connectivity index (χ3n) is 3.63. The SMILES string of the molecule is O=C(Cc1ccccn1)c1cc(Oc2cncc(F)c2)cn2ncnc12. The Balaban J connectivity index is 1.69. The predicted molar refractivity (Wildman–Crippen MR) is 89.5 cm³/mol. The topological polar surface area (TPSA) is 82.3 Å². The molecule has 4 heterocycles. The van der Waals surface area contributed by atoms with Gasteiger partial charge in [0.25, 0.3) is 0 Å². The fourth-order valence-corrected chi connectivity index (χ4v) is 2.51. The molecule has 4 aromatic rings. The zero-order valence-electron chi connectivity index (χ0n) is 13.4. The van der Waals surface area contributed by atoms with Crippen LogP contribution in [0.15, 0.2) is 61.4 Å². The molecular weight excluding hydrogens is 337 g/mol. The van der Waals surface area contributed by atoms with E-state index in [2.05, 4.69) is 20.1 Å². The van der Waals surface area contributed by atoms with Gasteiger partial charge in [-0.2, -0.15) is 5.10 Å². The second kappa shape index (κ2) is 6.67. The molecule has 26 heavy (non-hydrogen) atoms. The zero-order valence-corrected chi connectivity index (χ0v) is 13.4. The van der Waals surface area contributed by atoms with Crippen molar-refractivity contribution < 1.29 is 13.9 Å². The molecule has 7 nitrogen and oxygen atoms in total.